The normalized spacial score (nSPS) is 15.9. The standard InChI is InChI=1S/C11H23NO6S2/c1-5-8(2)11(14)12-7-9(13)6-10(19(3,15)16)20(4,17)18/h8-10,13H,5-7H2,1-4H3,(H,12,14). The molecule has 20 heavy (non-hydrogen) atoms. The van der Waals surface area contributed by atoms with E-state index in [2.05, 4.69) is 5.32 Å². The predicted molar refractivity (Wildman–Crippen MR) is 76.6 cm³/mol. The molecule has 0 aliphatic rings. The van der Waals surface area contributed by atoms with Crippen molar-refractivity contribution in [1.29, 1.82) is 0 Å². The Morgan fingerprint density at radius 1 is 1.15 bits per heavy atom. The monoisotopic (exact) mass is 329 g/mol. The smallest absolute Gasteiger partial charge is 0.222 e. The Balaban J connectivity index is 4.66. The van der Waals surface area contributed by atoms with Gasteiger partial charge in [-0.2, -0.15) is 0 Å². The quantitative estimate of drug-likeness (QED) is 0.609. The third-order valence-electron chi connectivity index (χ3n) is 2.99. The molecule has 7 nitrogen and oxygen atoms in total. The van der Waals surface area contributed by atoms with Crippen molar-refractivity contribution < 1.29 is 26.7 Å². The summed E-state index contributed by atoms with van der Waals surface area (Å²) in [4.78, 5) is 11.5. The van der Waals surface area contributed by atoms with Crippen LogP contribution < -0.4 is 5.32 Å². The van der Waals surface area contributed by atoms with Crippen LogP contribution in [0.2, 0.25) is 0 Å². The zero-order chi connectivity index (χ0) is 16.1. The van der Waals surface area contributed by atoms with Crippen LogP contribution in [-0.2, 0) is 24.5 Å². The fourth-order valence-electron chi connectivity index (χ4n) is 1.55. The lowest BCUT2D eigenvalue weighted by Gasteiger charge is -2.18. The zero-order valence-corrected chi connectivity index (χ0v) is 13.8. The molecule has 9 heteroatoms. The number of rotatable bonds is 8. The van der Waals surface area contributed by atoms with Gasteiger partial charge in [0.05, 0.1) is 6.10 Å². The van der Waals surface area contributed by atoms with Crippen molar-refractivity contribution in [3.63, 3.8) is 0 Å². The van der Waals surface area contributed by atoms with E-state index in [4.69, 9.17) is 0 Å². The highest BCUT2D eigenvalue weighted by Gasteiger charge is 2.33. The number of carbonyl (C=O) groups is 1. The van der Waals surface area contributed by atoms with Crippen LogP contribution in [0, 0.1) is 5.92 Å². The van der Waals surface area contributed by atoms with E-state index in [-0.39, 0.29) is 18.4 Å². The summed E-state index contributed by atoms with van der Waals surface area (Å²) < 4.78 is 44.1. The maximum atomic E-state index is 11.5. The van der Waals surface area contributed by atoms with Gasteiger partial charge in [0, 0.05) is 31.4 Å². The Morgan fingerprint density at radius 2 is 1.60 bits per heavy atom. The van der Waals surface area contributed by atoms with Crippen molar-refractivity contribution in [2.75, 3.05) is 19.1 Å². The van der Waals surface area contributed by atoms with Gasteiger partial charge in [-0.25, -0.2) is 16.8 Å². The number of amides is 1. The van der Waals surface area contributed by atoms with Gasteiger partial charge in [0.1, 0.15) is 0 Å². The molecule has 120 valence electrons. The predicted octanol–water partition coefficient (Wildman–Crippen LogP) is -0.685. The molecule has 0 fully saturated rings. The summed E-state index contributed by atoms with van der Waals surface area (Å²) in [6.45, 7) is 3.38. The average molecular weight is 329 g/mol. The highest BCUT2D eigenvalue weighted by molar-refractivity contribution is 8.08. The first-order chi connectivity index (χ1) is 8.89. The number of carbonyl (C=O) groups excluding carboxylic acids is 1. The minimum atomic E-state index is -3.84. The second kappa shape index (κ2) is 7.37. The van der Waals surface area contributed by atoms with Gasteiger partial charge in [0.2, 0.25) is 5.91 Å². The largest absolute Gasteiger partial charge is 0.391 e. The molecule has 0 heterocycles. The van der Waals surface area contributed by atoms with Crippen LogP contribution in [0.15, 0.2) is 0 Å². The second-order valence-corrected chi connectivity index (χ2v) is 9.79. The van der Waals surface area contributed by atoms with Crippen LogP contribution in [0.5, 0.6) is 0 Å². The molecule has 2 atom stereocenters. The summed E-state index contributed by atoms with van der Waals surface area (Å²) in [6.07, 6.45) is 0.555. The van der Waals surface area contributed by atoms with Crippen LogP contribution in [0.4, 0.5) is 0 Å². The summed E-state index contributed by atoms with van der Waals surface area (Å²) in [6, 6.07) is 0. The molecule has 2 unspecified atom stereocenters. The van der Waals surface area contributed by atoms with Crippen molar-refractivity contribution in [3.05, 3.63) is 0 Å². The molecule has 0 radical (unpaired) electrons. The summed E-state index contributed by atoms with van der Waals surface area (Å²) in [5.41, 5.74) is 0. The molecule has 0 spiro atoms. The maximum Gasteiger partial charge on any atom is 0.222 e. The van der Waals surface area contributed by atoms with Crippen molar-refractivity contribution >= 4 is 25.6 Å². The lowest BCUT2D eigenvalue weighted by molar-refractivity contribution is -0.125. The summed E-state index contributed by atoms with van der Waals surface area (Å²) >= 11 is 0. The third-order valence-corrected chi connectivity index (χ3v) is 7.38. The molecule has 0 aliphatic heterocycles. The zero-order valence-electron chi connectivity index (χ0n) is 12.2. The number of hydrogen-bond acceptors (Lipinski definition) is 6. The summed E-state index contributed by atoms with van der Waals surface area (Å²) in [5, 5.41) is 12.2. The molecular weight excluding hydrogens is 306 g/mol. The second-order valence-electron chi connectivity index (χ2n) is 5.03. The lowest BCUT2D eigenvalue weighted by Crippen LogP contribution is -2.39. The van der Waals surface area contributed by atoms with Gasteiger partial charge in [-0.3, -0.25) is 4.79 Å². The average Bonchev–Trinajstić information content (AvgIpc) is 2.28. The highest BCUT2D eigenvalue weighted by atomic mass is 32.3. The number of nitrogens with one attached hydrogen (secondary N) is 1. The van der Waals surface area contributed by atoms with Gasteiger partial charge < -0.3 is 10.4 Å². The fourth-order valence-corrected chi connectivity index (χ4v) is 5.23. The first-order valence-corrected chi connectivity index (χ1v) is 10.1. The first kappa shape index (κ1) is 19.3. The minimum Gasteiger partial charge on any atom is -0.391 e. The van der Waals surface area contributed by atoms with Crippen molar-refractivity contribution in [1.82, 2.24) is 5.32 Å². The Kier molecular flexibility index (Phi) is 7.12. The lowest BCUT2D eigenvalue weighted by atomic mass is 10.1. The molecule has 0 aromatic rings. The number of aliphatic hydroxyl groups excluding tert-OH is 1. The van der Waals surface area contributed by atoms with Gasteiger partial charge in [-0.15, -0.1) is 0 Å². The highest BCUT2D eigenvalue weighted by Crippen LogP contribution is 2.14. The Hall–Kier alpha value is -0.670. The number of hydrogen-bond donors (Lipinski definition) is 2. The van der Waals surface area contributed by atoms with Crippen LogP contribution in [-0.4, -0.2) is 57.6 Å². The van der Waals surface area contributed by atoms with Crippen molar-refractivity contribution in [2.24, 2.45) is 5.92 Å². The molecule has 0 saturated carbocycles. The van der Waals surface area contributed by atoms with Gasteiger partial charge in [-0.05, 0) is 6.42 Å². The molecule has 0 aromatic carbocycles. The van der Waals surface area contributed by atoms with Crippen LogP contribution >= 0.6 is 0 Å². The minimum absolute atomic E-state index is 0.176. The molecule has 0 aromatic heterocycles. The third kappa shape index (κ3) is 6.67. The molecule has 0 bridgehead atoms. The van der Waals surface area contributed by atoms with Gasteiger partial charge >= 0.3 is 0 Å². The van der Waals surface area contributed by atoms with Crippen LogP contribution in [0.1, 0.15) is 26.7 Å². The van der Waals surface area contributed by atoms with Gasteiger partial charge in [0.25, 0.3) is 0 Å². The topological polar surface area (TPSA) is 118 Å². The van der Waals surface area contributed by atoms with E-state index >= 15 is 0 Å². The van der Waals surface area contributed by atoms with E-state index in [0.717, 1.165) is 12.5 Å². The van der Waals surface area contributed by atoms with E-state index in [9.17, 15) is 26.7 Å². The van der Waals surface area contributed by atoms with Crippen LogP contribution in [0.3, 0.4) is 0 Å². The van der Waals surface area contributed by atoms with E-state index in [0.29, 0.717) is 6.42 Å². The van der Waals surface area contributed by atoms with E-state index in [1.807, 2.05) is 6.92 Å². The van der Waals surface area contributed by atoms with Gasteiger partial charge in [0.15, 0.2) is 24.3 Å². The SMILES string of the molecule is CCC(C)C(=O)NCC(O)CC(S(C)(=O)=O)S(C)(=O)=O. The van der Waals surface area contributed by atoms with Gasteiger partial charge in [-0.1, -0.05) is 13.8 Å². The van der Waals surface area contributed by atoms with Crippen LogP contribution in [0.25, 0.3) is 0 Å². The van der Waals surface area contributed by atoms with Crippen molar-refractivity contribution in [3.8, 4) is 0 Å². The first-order valence-electron chi connectivity index (χ1n) is 6.23. The Morgan fingerprint density at radius 3 is 1.95 bits per heavy atom. The molecule has 0 rings (SSSR count). The van der Waals surface area contributed by atoms with E-state index < -0.39 is 36.8 Å². The summed E-state index contributed by atoms with van der Waals surface area (Å²) in [5.74, 6) is -0.482. The molecule has 2 N–H and O–H groups in total. The van der Waals surface area contributed by atoms with E-state index in [1.54, 1.807) is 6.92 Å². The number of aliphatic hydroxyl groups is 1. The Labute approximate surface area is 120 Å². The molecular formula is C11H23NO6S2. The summed E-state index contributed by atoms with van der Waals surface area (Å²) in [7, 11) is -7.68. The van der Waals surface area contributed by atoms with Crippen molar-refractivity contribution in [2.45, 2.75) is 37.4 Å². The Bertz CT molecular complexity index is 493. The number of sulfone groups is 2. The van der Waals surface area contributed by atoms with E-state index in [1.165, 1.54) is 0 Å². The molecule has 1 amide bonds. The molecule has 0 aliphatic carbocycles. The molecule has 0 saturated heterocycles. The fraction of sp³-hybridized carbons (Fsp3) is 0.909. The maximum absolute atomic E-state index is 11.5.